The molecule has 0 bridgehead atoms. The molecular formula is C17H28N2. The van der Waals surface area contributed by atoms with Gasteiger partial charge in [-0.2, -0.15) is 0 Å². The summed E-state index contributed by atoms with van der Waals surface area (Å²) in [4.78, 5) is 2.45. The predicted octanol–water partition coefficient (Wildman–Crippen LogP) is 2.85. The molecule has 0 unspecified atom stereocenters. The summed E-state index contributed by atoms with van der Waals surface area (Å²) in [6.07, 6.45) is 6.02. The number of hydrogen-bond acceptors (Lipinski definition) is 2. The van der Waals surface area contributed by atoms with Crippen molar-refractivity contribution >= 4 is 0 Å². The molecule has 2 rings (SSSR count). The highest BCUT2D eigenvalue weighted by molar-refractivity contribution is 5.22. The van der Waals surface area contributed by atoms with Crippen molar-refractivity contribution in [3.05, 3.63) is 35.4 Å². The Morgan fingerprint density at radius 2 is 1.68 bits per heavy atom. The van der Waals surface area contributed by atoms with Gasteiger partial charge in [0.2, 0.25) is 0 Å². The van der Waals surface area contributed by atoms with Crippen LogP contribution in [0.3, 0.4) is 0 Å². The van der Waals surface area contributed by atoms with Crippen LogP contribution in [0.25, 0.3) is 0 Å². The Balaban J connectivity index is 1.69. The maximum Gasteiger partial charge on any atom is 0.00450 e. The molecule has 0 atom stereocenters. The smallest absolute Gasteiger partial charge is 0.00450 e. The molecular weight excluding hydrogens is 232 g/mol. The summed E-state index contributed by atoms with van der Waals surface area (Å²) in [6, 6.07) is 9.62. The van der Waals surface area contributed by atoms with Crippen molar-refractivity contribution in [1.82, 2.24) is 4.90 Å². The molecule has 19 heavy (non-hydrogen) atoms. The van der Waals surface area contributed by atoms with Crippen LogP contribution >= 0.6 is 0 Å². The lowest BCUT2D eigenvalue weighted by molar-refractivity contribution is 0.183. The molecule has 0 aliphatic heterocycles. The summed E-state index contributed by atoms with van der Waals surface area (Å²) < 4.78 is 0. The molecule has 0 amide bonds. The number of aryl methyl sites for hydroxylation is 1. The van der Waals surface area contributed by atoms with Crippen molar-refractivity contribution in [1.29, 1.82) is 0 Å². The van der Waals surface area contributed by atoms with Gasteiger partial charge in [0.25, 0.3) is 0 Å². The van der Waals surface area contributed by atoms with Gasteiger partial charge in [-0.25, -0.2) is 0 Å². The molecule has 0 heterocycles. The molecule has 1 aliphatic rings. The summed E-state index contributed by atoms with van der Waals surface area (Å²) in [5, 5.41) is 0. The summed E-state index contributed by atoms with van der Waals surface area (Å²) in [5.41, 5.74) is 8.75. The molecule has 1 aromatic rings. The van der Waals surface area contributed by atoms with Crippen molar-refractivity contribution in [2.45, 2.75) is 45.1 Å². The predicted molar refractivity (Wildman–Crippen MR) is 82.3 cm³/mol. The molecule has 0 aromatic heterocycles. The van der Waals surface area contributed by atoms with E-state index >= 15 is 0 Å². The van der Waals surface area contributed by atoms with Gasteiger partial charge >= 0.3 is 0 Å². The fourth-order valence-corrected chi connectivity index (χ4v) is 2.95. The van der Waals surface area contributed by atoms with E-state index in [-0.39, 0.29) is 0 Å². The van der Waals surface area contributed by atoms with Gasteiger partial charge in [0.05, 0.1) is 0 Å². The standard InChI is InChI=1S/C17H28N2/c1-3-4-14-5-7-15(8-6-14)9-10-19(2)13-16-11-17(18)12-16/h5-8,16-17H,3-4,9-13,18H2,1-2H3. The highest BCUT2D eigenvalue weighted by Crippen LogP contribution is 2.25. The van der Waals surface area contributed by atoms with Gasteiger partial charge in [-0.05, 0) is 49.8 Å². The van der Waals surface area contributed by atoms with Crippen molar-refractivity contribution in [3.63, 3.8) is 0 Å². The quantitative estimate of drug-likeness (QED) is 0.817. The average molecular weight is 260 g/mol. The summed E-state index contributed by atoms with van der Waals surface area (Å²) in [7, 11) is 2.23. The van der Waals surface area contributed by atoms with E-state index in [1.165, 1.54) is 43.4 Å². The van der Waals surface area contributed by atoms with Crippen LogP contribution in [0.1, 0.15) is 37.3 Å². The molecule has 0 spiro atoms. The van der Waals surface area contributed by atoms with Crippen LogP contribution in [0, 0.1) is 5.92 Å². The van der Waals surface area contributed by atoms with Crippen molar-refractivity contribution in [2.24, 2.45) is 11.7 Å². The third kappa shape index (κ3) is 4.63. The average Bonchev–Trinajstić information content (AvgIpc) is 2.36. The zero-order valence-corrected chi connectivity index (χ0v) is 12.4. The largest absolute Gasteiger partial charge is 0.328 e. The van der Waals surface area contributed by atoms with Gasteiger partial charge in [-0.15, -0.1) is 0 Å². The molecule has 0 radical (unpaired) electrons. The summed E-state index contributed by atoms with van der Waals surface area (Å²) in [5.74, 6) is 0.840. The maximum absolute atomic E-state index is 5.83. The first-order valence-corrected chi connectivity index (χ1v) is 7.69. The monoisotopic (exact) mass is 260 g/mol. The Morgan fingerprint density at radius 3 is 2.21 bits per heavy atom. The van der Waals surface area contributed by atoms with E-state index in [1.807, 2.05) is 0 Å². The molecule has 2 N–H and O–H groups in total. The number of benzene rings is 1. The minimum absolute atomic E-state index is 0.476. The van der Waals surface area contributed by atoms with E-state index in [0.29, 0.717) is 6.04 Å². The molecule has 1 fully saturated rings. The first-order valence-electron chi connectivity index (χ1n) is 7.69. The zero-order valence-electron chi connectivity index (χ0n) is 12.4. The van der Waals surface area contributed by atoms with E-state index in [2.05, 4.69) is 43.1 Å². The van der Waals surface area contributed by atoms with Gasteiger partial charge in [-0.3, -0.25) is 0 Å². The normalized spacial score (nSPS) is 22.5. The molecule has 1 aromatic carbocycles. The highest BCUT2D eigenvalue weighted by Gasteiger charge is 2.26. The number of rotatable bonds is 7. The second-order valence-electron chi connectivity index (χ2n) is 6.18. The van der Waals surface area contributed by atoms with E-state index < -0.39 is 0 Å². The van der Waals surface area contributed by atoms with Crippen molar-refractivity contribution in [3.8, 4) is 0 Å². The van der Waals surface area contributed by atoms with Crippen molar-refractivity contribution < 1.29 is 0 Å². The number of likely N-dealkylation sites (N-methyl/N-ethyl adjacent to an activating group) is 1. The van der Waals surface area contributed by atoms with Gasteiger partial charge in [0.15, 0.2) is 0 Å². The topological polar surface area (TPSA) is 29.3 Å². The second kappa shape index (κ2) is 7.06. The fourth-order valence-electron chi connectivity index (χ4n) is 2.95. The first-order chi connectivity index (χ1) is 9.17. The third-order valence-electron chi connectivity index (χ3n) is 4.19. The van der Waals surface area contributed by atoms with Gasteiger partial charge < -0.3 is 10.6 Å². The Morgan fingerprint density at radius 1 is 1.11 bits per heavy atom. The van der Waals surface area contributed by atoms with E-state index in [9.17, 15) is 0 Å². The minimum Gasteiger partial charge on any atom is -0.328 e. The Kier molecular flexibility index (Phi) is 5.41. The van der Waals surface area contributed by atoms with Gasteiger partial charge in [-0.1, -0.05) is 37.6 Å². The molecule has 1 aliphatic carbocycles. The van der Waals surface area contributed by atoms with Crippen LogP contribution in [0.15, 0.2) is 24.3 Å². The maximum atomic E-state index is 5.83. The first kappa shape index (κ1) is 14.5. The highest BCUT2D eigenvalue weighted by atomic mass is 15.1. The van der Waals surface area contributed by atoms with Crippen LogP contribution in [0.2, 0.25) is 0 Å². The van der Waals surface area contributed by atoms with Gasteiger partial charge in [0, 0.05) is 19.1 Å². The Labute approximate surface area is 118 Å². The lowest BCUT2D eigenvalue weighted by Gasteiger charge is -2.35. The van der Waals surface area contributed by atoms with Crippen LogP contribution in [-0.4, -0.2) is 31.1 Å². The van der Waals surface area contributed by atoms with Crippen LogP contribution in [0.5, 0.6) is 0 Å². The lowest BCUT2D eigenvalue weighted by atomic mass is 9.80. The Hall–Kier alpha value is -0.860. The van der Waals surface area contributed by atoms with E-state index in [1.54, 1.807) is 0 Å². The molecule has 2 heteroatoms. The number of nitrogens with zero attached hydrogens (tertiary/aromatic N) is 1. The SMILES string of the molecule is CCCc1ccc(CCN(C)CC2CC(N)C2)cc1. The molecule has 0 saturated heterocycles. The lowest BCUT2D eigenvalue weighted by Crippen LogP contribution is -2.42. The van der Waals surface area contributed by atoms with Crippen LogP contribution < -0.4 is 5.73 Å². The number of nitrogens with two attached hydrogens (primary N) is 1. The van der Waals surface area contributed by atoms with Crippen LogP contribution in [0.4, 0.5) is 0 Å². The molecule has 106 valence electrons. The molecule has 2 nitrogen and oxygen atoms in total. The van der Waals surface area contributed by atoms with E-state index in [4.69, 9.17) is 5.73 Å². The minimum atomic E-state index is 0.476. The Bertz CT molecular complexity index is 365. The van der Waals surface area contributed by atoms with Crippen LogP contribution in [-0.2, 0) is 12.8 Å². The van der Waals surface area contributed by atoms with Crippen molar-refractivity contribution in [2.75, 3.05) is 20.1 Å². The van der Waals surface area contributed by atoms with Gasteiger partial charge in [0.1, 0.15) is 0 Å². The number of hydrogen-bond donors (Lipinski definition) is 1. The molecule has 1 saturated carbocycles. The fraction of sp³-hybridized carbons (Fsp3) is 0.647. The summed E-state index contributed by atoms with van der Waals surface area (Å²) >= 11 is 0. The zero-order chi connectivity index (χ0) is 13.7. The summed E-state index contributed by atoms with van der Waals surface area (Å²) in [6.45, 7) is 4.59. The van der Waals surface area contributed by atoms with E-state index in [0.717, 1.165) is 18.9 Å². The second-order valence-corrected chi connectivity index (χ2v) is 6.18. The third-order valence-corrected chi connectivity index (χ3v) is 4.19.